The van der Waals surface area contributed by atoms with Gasteiger partial charge in [0.1, 0.15) is 5.78 Å². The van der Waals surface area contributed by atoms with Crippen LogP contribution in [0.1, 0.15) is 36.8 Å². The molecule has 16 heavy (non-hydrogen) atoms. The highest BCUT2D eigenvalue weighted by molar-refractivity contribution is 6.12. The third-order valence-corrected chi connectivity index (χ3v) is 4.11. The molecule has 1 saturated carbocycles. The van der Waals surface area contributed by atoms with E-state index >= 15 is 0 Å². The average Bonchev–Trinajstić information content (AvgIpc) is 2.27. The van der Waals surface area contributed by atoms with E-state index in [9.17, 15) is 9.59 Å². The molecule has 2 bridgehead atoms. The summed E-state index contributed by atoms with van der Waals surface area (Å²) in [6, 6.07) is 8.04. The normalized spacial score (nSPS) is 32.4. The van der Waals surface area contributed by atoms with Crippen LogP contribution in [-0.4, -0.2) is 11.6 Å². The Hall–Kier alpha value is -1.44. The van der Waals surface area contributed by atoms with Gasteiger partial charge in [0, 0.05) is 12.3 Å². The molecule has 2 aliphatic carbocycles. The Morgan fingerprint density at radius 3 is 2.81 bits per heavy atom. The molecule has 0 N–H and O–H groups in total. The molecule has 0 aliphatic heterocycles. The van der Waals surface area contributed by atoms with Crippen LogP contribution in [0.25, 0.3) is 0 Å². The molecule has 0 heterocycles. The van der Waals surface area contributed by atoms with Crippen molar-refractivity contribution in [2.75, 3.05) is 0 Å². The minimum absolute atomic E-state index is 0.0346. The molecule has 1 aromatic carbocycles. The Balaban J connectivity index is 2.20. The Morgan fingerprint density at radius 1 is 1.25 bits per heavy atom. The molecule has 0 amide bonds. The Morgan fingerprint density at radius 2 is 2.00 bits per heavy atom. The molecule has 0 spiro atoms. The number of Topliss-reactive ketones (excluding diaryl/α,β-unsaturated/α-hetero) is 2. The summed E-state index contributed by atoms with van der Waals surface area (Å²) in [5, 5.41) is 0. The highest BCUT2D eigenvalue weighted by atomic mass is 16.2. The average molecular weight is 214 g/mol. The van der Waals surface area contributed by atoms with E-state index < -0.39 is 5.41 Å². The van der Waals surface area contributed by atoms with Crippen molar-refractivity contribution in [3.8, 4) is 0 Å². The molecular formula is C14H14O2. The van der Waals surface area contributed by atoms with Crippen LogP contribution in [-0.2, 0) is 16.0 Å². The van der Waals surface area contributed by atoms with Crippen molar-refractivity contribution in [1.29, 1.82) is 0 Å². The van der Waals surface area contributed by atoms with Crippen molar-refractivity contribution in [2.45, 2.75) is 32.1 Å². The van der Waals surface area contributed by atoms with Crippen LogP contribution in [0.2, 0.25) is 0 Å². The zero-order valence-corrected chi connectivity index (χ0v) is 9.32. The van der Waals surface area contributed by atoms with Gasteiger partial charge in [0.25, 0.3) is 0 Å². The number of carbonyl (C=O) groups is 2. The maximum Gasteiger partial charge on any atom is 0.153 e. The predicted molar refractivity (Wildman–Crippen MR) is 60.2 cm³/mol. The van der Waals surface area contributed by atoms with Gasteiger partial charge in [-0.15, -0.1) is 0 Å². The second-order valence-corrected chi connectivity index (χ2v) is 5.09. The van der Waals surface area contributed by atoms with E-state index in [1.807, 2.05) is 31.2 Å². The standard InChI is InChI=1S/C14H14O2/c1-14-8-9-4-2-3-5-10(9)11(13(14)16)6-7-12(14)15/h2-5,11H,6-8H2,1H3/t11-,14-/m0/s1. The van der Waals surface area contributed by atoms with Gasteiger partial charge in [0.15, 0.2) is 5.78 Å². The van der Waals surface area contributed by atoms with Gasteiger partial charge in [0.05, 0.1) is 5.41 Å². The van der Waals surface area contributed by atoms with Crippen LogP contribution in [0.15, 0.2) is 24.3 Å². The largest absolute Gasteiger partial charge is 0.299 e. The van der Waals surface area contributed by atoms with E-state index in [-0.39, 0.29) is 17.5 Å². The number of fused-ring (bicyclic) bond motifs is 4. The molecule has 2 nitrogen and oxygen atoms in total. The van der Waals surface area contributed by atoms with E-state index in [4.69, 9.17) is 0 Å². The van der Waals surface area contributed by atoms with Crippen LogP contribution in [0.4, 0.5) is 0 Å². The SMILES string of the molecule is C[C@]12Cc3ccccc3[C@H](CCC1=O)C2=O. The summed E-state index contributed by atoms with van der Waals surface area (Å²) in [6.07, 6.45) is 1.85. The Bertz CT molecular complexity index is 489. The fraction of sp³-hybridized carbons (Fsp3) is 0.429. The van der Waals surface area contributed by atoms with Gasteiger partial charge in [-0.2, -0.15) is 0 Å². The lowest BCUT2D eigenvalue weighted by atomic mass is 9.59. The first kappa shape index (κ1) is 9.76. The molecule has 82 valence electrons. The number of rotatable bonds is 0. The number of benzene rings is 1. The Kier molecular flexibility index (Phi) is 1.85. The van der Waals surface area contributed by atoms with E-state index in [1.54, 1.807) is 0 Å². The third-order valence-electron chi connectivity index (χ3n) is 4.11. The van der Waals surface area contributed by atoms with Crippen LogP contribution < -0.4 is 0 Å². The van der Waals surface area contributed by atoms with Crippen molar-refractivity contribution in [1.82, 2.24) is 0 Å². The molecule has 0 unspecified atom stereocenters. The van der Waals surface area contributed by atoms with Gasteiger partial charge in [-0.3, -0.25) is 9.59 Å². The number of hydrogen-bond donors (Lipinski definition) is 0. The summed E-state index contributed by atoms with van der Waals surface area (Å²) in [7, 11) is 0. The topological polar surface area (TPSA) is 34.1 Å². The molecule has 0 aromatic heterocycles. The van der Waals surface area contributed by atoms with Gasteiger partial charge in [-0.25, -0.2) is 0 Å². The minimum atomic E-state index is -0.739. The summed E-state index contributed by atoms with van der Waals surface area (Å²) in [5.74, 6) is 0.235. The third kappa shape index (κ3) is 1.07. The van der Waals surface area contributed by atoms with Crippen LogP contribution >= 0.6 is 0 Å². The summed E-state index contributed by atoms with van der Waals surface area (Å²) in [5.41, 5.74) is 1.59. The van der Waals surface area contributed by atoms with E-state index in [1.165, 1.54) is 5.56 Å². The minimum Gasteiger partial charge on any atom is -0.299 e. The van der Waals surface area contributed by atoms with Gasteiger partial charge in [-0.1, -0.05) is 24.3 Å². The van der Waals surface area contributed by atoms with Crippen molar-refractivity contribution in [3.63, 3.8) is 0 Å². The lowest BCUT2D eigenvalue weighted by Crippen LogP contribution is -2.48. The first-order valence-corrected chi connectivity index (χ1v) is 5.78. The summed E-state index contributed by atoms with van der Waals surface area (Å²) in [6.45, 7) is 1.82. The number of hydrogen-bond acceptors (Lipinski definition) is 2. The lowest BCUT2D eigenvalue weighted by Gasteiger charge is -2.40. The molecule has 0 radical (unpaired) electrons. The molecule has 1 fully saturated rings. The second kappa shape index (κ2) is 3.03. The lowest BCUT2D eigenvalue weighted by molar-refractivity contribution is -0.144. The van der Waals surface area contributed by atoms with Crippen molar-refractivity contribution >= 4 is 11.6 Å². The number of carbonyl (C=O) groups excluding carboxylic acids is 2. The van der Waals surface area contributed by atoms with E-state index in [0.29, 0.717) is 19.3 Å². The fourth-order valence-electron chi connectivity index (χ4n) is 3.10. The van der Waals surface area contributed by atoms with Crippen molar-refractivity contribution in [3.05, 3.63) is 35.4 Å². The quantitative estimate of drug-likeness (QED) is 0.621. The smallest absolute Gasteiger partial charge is 0.153 e. The maximum absolute atomic E-state index is 12.3. The molecule has 2 aliphatic rings. The molecular weight excluding hydrogens is 200 g/mol. The van der Waals surface area contributed by atoms with Gasteiger partial charge in [0.2, 0.25) is 0 Å². The van der Waals surface area contributed by atoms with Crippen molar-refractivity contribution in [2.24, 2.45) is 5.41 Å². The molecule has 2 heteroatoms. The van der Waals surface area contributed by atoms with Gasteiger partial charge >= 0.3 is 0 Å². The van der Waals surface area contributed by atoms with Crippen molar-refractivity contribution < 1.29 is 9.59 Å². The zero-order valence-electron chi connectivity index (χ0n) is 9.32. The van der Waals surface area contributed by atoms with Crippen LogP contribution in [0.5, 0.6) is 0 Å². The molecule has 2 atom stereocenters. The first-order valence-electron chi connectivity index (χ1n) is 5.78. The monoisotopic (exact) mass is 214 g/mol. The molecule has 3 rings (SSSR count). The van der Waals surface area contributed by atoms with Crippen LogP contribution in [0, 0.1) is 5.41 Å². The highest BCUT2D eigenvalue weighted by Gasteiger charge is 2.51. The zero-order chi connectivity index (χ0) is 11.3. The van der Waals surface area contributed by atoms with Crippen LogP contribution in [0.3, 0.4) is 0 Å². The van der Waals surface area contributed by atoms with Gasteiger partial charge in [-0.05, 0) is 30.9 Å². The molecule has 1 aromatic rings. The molecule has 0 saturated heterocycles. The fourth-order valence-corrected chi connectivity index (χ4v) is 3.10. The maximum atomic E-state index is 12.3. The van der Waals surface area contributed by atoms with Gasteiger partial charge < -0.3 is 0 Å². The first-order chi connectivity index (χ1) is 7.63. The predicted octanol–water partition coefficient (Wildman–Crippen LogP) is 2.26. The van der Waals surface area contributed by atoms with E-state index in [2.05, 4.69) is 0 Å². The number of ketones is 2. The summed E-state index contributed by atoms with van der Waals surface area (Å²) in [4.78, 5) is 24.2. The summed E-state index contributed by atoms with van der Waals surface area (Å²) < 4.78 is 0. The summed E-state index contributed by atoms with van der Waals surface area (Å²) >= 11 is 0. The Labute approximate surface area is 94.7 Å². The highest BCUT2D eigenvalue weighted by Crippen LogP contribution is 2.46. The van der Waals surface area contributed by atoms with E-state index in [0.717, 1.165) is 5.56 Å². The second-order valence-electron chi connectivity index (χ2n) is 5.09.